The average molecular weight is 467 g/mol. The third-order valence-electron chi connectivity index (χ3n) is 5.98. The zero-order chi connectivity index (χ0) is 22.1. The Morgan fingerprint density at radius 1 is 1.10 bits per heavy atom. The van der Waals surface area contributed by atoms with Gasteiger partial charge in [0, 0.05) is 16.0 Å². The Kier molecular flexibility index (Phi) is 7.13. The summed E-state index contributed by atoms with van der Waals surface area (Å²) >= 11 is 8.45. The van der Waals surface area contributed by atoms with E-state index in [1.165, 1.54) is 4.90 Å². The molecule has 2 aromatic carbocycles. The van der Waals surface area contributed by atoms with E-state index in [2.05, 4.69) is 24.3 Å². The van der Waals surface area contributed by atoms with Gasteiger partial charge in [-0.3, -0.25) is 0 Å². The van der Waals surface area contributed by atoms with Gasteiger partial charge in [-0.2, -0.15) is 0 Å². The third kappa shape index (κ3) is 4.46. The number of aliphatic hydroxyl groups excluding tert-OH is 4. The maximum Gasteiger partial charge on any atom is 0.129 e. The standard InChI is InChI=1S/C23H27ClO6S/c1-31-14-6-4-12(5-7-14)9-13-10-16(22-15(18(13)24)3-2-8-29-22)23-21(28)20(27)19(26)17(11-25)30-23/h4-7,10,17,19-21,23,25-28H,2-3,8-9,11H2,1H3. The van der Waals surface area contributed by atoms with Gasteiger partial charge in [0.2, 0.25) is 0 Å². The van der Waals surface area contributed by atoms with Crippen molar-refractivity contribution in [3.63, 3.8) is 0 Å². The van der Waals surface area contributed by atoms with Crippen molar-refractivity contribution in [2.75, 3.05) is 19.5 Å². The molecule has 6 nitrogen and oxygen atoms in total. The first kappa shape index (κ1) is 22.9. The van der Waals surface area contributed by atoms with Crippen molar-refractivity contribution in [1.82, 2.24) is 0 Å². The van der Waals surface area contributed by atoms with Crippen LogP contribution in [0.4, 0.5) is 0 Å². The van der Waals surface area contributed by atoms with E-state index < -0.39 is 37.1 Å². The van der Waals surface area contributed by atoms with E-state index in [0.29, 0.717) is 29.4 Å². The molecule has 0 bridgehead atoms. The van der Waals surface area contributed by atoms with Crippen LogP contribution < -0.4 is 4.74 Å². The Morgan fingerprint density at radius 3 is 2.52 bits per heavy atom. The van der Waals surface area contributed by atoms with Crippen LogP contribution in [0.25, 0.3) is 0 Å². The van der Waals surface area contributed by atoms with Gasteiger partial charge in [0.05, 0.1) is 18.2 Å². The largest absolute Gasteiger partial charge is 0.493 e. The summed E-state index contributed by atoms with van der Waals surface area (Å²) in [4.78, 5) is 1.18. The fraction of sp³-hybridized carbons (Fsp3) is 0.478. The maximum atomic E-state index is 10.7. The number of benzene rings is 2. The molecule has 8 heteroatoms. The van der Waals surface area contributed by atoms with Crippen molar-refractivity contribution in [3.8, 4) is 5.75 Å². The Bertz CT molecular complexity index is 919. The van der Waals surface area contributed by atoms with Crippen molar-refractivity contribution in [3.05, 3.63) is 57.6 Å². The minimum absolute atomic E-state index is 0.479. The first-order chi connectivity index (χ1) is 14.9. The molecular weight excluding hydrogens is 440 g/mol. The van der Waals surface area contributed by atoms with Gasteiger partial charge in [0.1, 0.15) is 36.3 Å². The highest BCUT2D eigenvalue weighted by molar-refractivity contribution is 7.98. The van der Waals surface area contributed by atoms with E-state index in [1.54, 1.807) is 11.8 Å². The van der Waals surface area contributed by atoms with Gasteiger partial charge in [-0.15, -0.1) is 11.8 Å². The van der Waals surface area contributed by atoms with Gasteiger partial charge in [-0.1, -0.05) is 23.7 Å². The van der Waals surface area contributed by atoms with Crippen molar-refractivity contribution >= 4 is 23.4 Å². The molecule has 5 atom stereocenters. The number of hydrogen-bond donors (Lipinski definition) is 4. The first-order valence-corrected chi connectivity index (χ1v) is 11.9. The number of thioether (sulfide) groups is 1. The molecule has 0 amide bonds. The second kappa shape index (κ2) is 9.67. The minimum Gasteiger partial charge on any atom is -0.493 e. The lowest BCUT2D eigenvalue weighted by Gasteiger charge is -2.41. The second-order valence-electron chi connectivity index (χ2n) is 7.97. The SMILES string of the molecule is CSc1ccc(Cc2cc(C3OC(CO)C(O)C(O)C3O)c3c(c2Cl)CCCO3)cc1. The highest BCUT2D eigenvalue weighted by atomic mass is 35.5. The summed E-state index contributed by atoms with van der Waals surface area (Å²) in [6.45, 7) is 0.0377. The Balaban J connectivity index is 1.75. The number of halogens is 1. The normalized spacial score (nSPS) is 28.1. The zero-order valence-corrected chi connectivity index (χ0v) is 18.8. The number of hydrogen-bond acceptors (Lipinski definition) is 7. The quantitative estimate of drug-likeness (QED) is 0.502. The molecule has 31 heavy (non-hydrogen) atoms. The lowest BCUT2D eigenvalue weighted by atomic mass is 9.87. The van der Waals surface area contributed by atoms with Crippen LogP contribution in [0.2, 0.25) is 5.02 Å². The molecule has 2 heterocycles. The molecule has 2 aromatic rings. The Hall–Kier alpha value is -1.32. The van der Waals surface area contributed by atoms with E-state index in [9.17, 15) is 20.4 Å². The van der Waals surface area contributed by atoms with Gasteiger partial charge < -0.3 is 29.9 Å². The highest BCUT2D eigenvalue weighted by Crippen LogP contribution is 2.44. The summed E-state index contributed by atoms with van der Waals surface area (Å²) < 4.78 is 11.7. The van der Waals surface area contributed by atoms with Crippen LogP contribution in [0.3, 0.4) is 0 Å². The van der Waals surface area contributed by atoms with Crippen molar-refractivity contribution in [2.45, 2.75) is 54.7 Å². The Labute approximate surface area is 190 Å². The molecule has 4 N–H and O–H groups in total. The lowest BCUT2D eigenvalue weighted by Crippen LogP contribution is -2.55. The predicted molar refractivity (Wildman–Crippen MR) is 119 cm³/mol. The summed E-state index contributed by atoms with van der Waals surface area (Å²) in [5, 5.41) is 41.3. The number of ether oxygens (including phenoxy) is 2. The van der Waals surface area contributed by atoms with Crippen LogP contribution in [-0.2, 0) is 17.6 Å². The van der Waals surface area contributed by atoms with E-state index in [1.807, 2.05) is 12.3 Å². The smallest absolute Gasteiger partial charge is 0.129 e. The van der Waals surface area contributed by atoms with E-state index >= 15 is 0 Å². The van der Waals surface area contributed by atoms with Crippen molar-refractivity contribution < 1.29 is 29.9 Å². The molecular formula is C23H27ClO6S. The molecule has 0 aliphatic carbocycles. The van der Waals surface area contributed by atoms with Gasteiger partial charge in [0.25, 0.3) is 0 Å². The molecule has 168 valence electrons. The first-order valence-electron chi connectivity index (χ1n) is 10.3. The number of fused-ring (bicyclic) bond motifs is 1. The van der Waals surface area contributed by atoms with Crippen molar-refractivity contribution in [2.24, 2.45) is 0 Å². The summed E-state index contributed by atoms with van der Waals surface area (Å²) in [6.07, 6.45) is -2.00. The molecule has 0 saturated carbocycles. The summed E-state index contributed by atoms with van der Waals surface area (Å²) in [6, 6.07) is 10.1. The number of aliphatic hydroxyl groups is 4. The highest BCUT2D eigenvalue weighted by Gasteiger charge is 2.45. The van der Waals surface area contributed by atoms with Crippen LogP contribution in [0.5, 0.6) is 5.75 Å². The van der Waals surface area contributed by atoms with Gasteiger partial charge in [-0.05, 0) is 54.8 Å². The predicted octanol–water partition coefficient (Wildman–Crippen LogP) is 2.49. The molecule has 2 aliphatic heterocycles. The third-order valence-corrected chi connectivity index (χ3v) is 7.20. The molecule has 2 aliphatic rings. The fourth-order valence-electron chi connectivity index (χ4n) is 4.26. The molecule has 0 spiro atoms. The molecule has 4 rings (SSSR count). The van der Waals surface area contributed by atoms with E-state index in [0.717, 1.165) is 29.5 Å². The van der Waals surface area contributed by atoms with Gasteiger partial charge in [0.15, 0.2) is 0 Å². The summed E-state index contributed by atoms with van der Waals surface area (Å²) in [5.41, 5.74) is 3.40. The molecule has 5 unspecified atom stereocenters. The zero-order valence-electron chi connectivity index (χ0n) is 17.2. The van der Waals surface area contributed by atoms with Crippen LogP contribution in [0.1, 0.15) is 34.8 Å². The minimum atomic E-state index is -1.45. The van der Waals surface area contributed by atoms with E-state index in [-0.39, 0.29) is 0 Å². The number of rotatable bonds is 5. The van der Waals surface area contributed by atoms with Gasteiger partial charge >= 0.3 is 0 Å². The average Bonchev–Trinajstić information content (AvgIpc) is 2.80. The van der Waals surface area contributed by atoms with Crippen LogP contribution in [-0.4, -0.2) is 64.3 Å². The lowest BCUT2D eigenvalue weighted by molar-refractivity contribution is -0.232. The molecule has 1 fully saturated rings. The monoisotopic (exact) mass is 466 g/mol. The molecule has 0 aromatic heterocycles. The second-order valence-corrected chi connectivity index (χ2v) is 9.23. The summed E-state index contributed by atoms with van der Waals surface area (Å²) in [7, 11) is 0. The van der Waals surface area contributed by atoms with E-state index in [4.69, 9.17) is 21.1 Å². The van der Waals surface area contributed by atoms with Crippen LogP contribution >= 0.6 is 23.4 Å². The fourth-order valence-corrected chi connectivity index (χ4v) is 4.97. The van der Waals surface area contributed by atoms with Crippen LogP contribution in [0, 0.1) is 0 Å². The maximum absolute atomic E-state index is 10.7. The van der Waals surface area contributed by atoms with Crippen LogP contribution in [0.15, 0.2) is 35.2 Å². The molecule has 1 saturated heterocycles. The Morgan fingerprint density at radius 2 is 1.84 bits per heavy atom. The van der Waals surface area contributed by atoms with Crippen molar-refractivity contribution in [1.29, 1.82) is 0 Å². The topological polar surface area (TPSA) is 99.4 Å². The molecule has 0 radical (unpaired) electrons. The summed E-state index contributed by atoms with van der Waals surface area (Å²) in [5.74, 6) is 0.557. The van der Waals surface area contributed by atoms with Gasteiger partial charge in [-0.25, -0.2) is 0 Å².